The van der Waals surface area contributed by atoms with Crippen molar-refractivity contribution in [3.8, 4) is 0 Å². The average molecular weight is 321 g/mol. The molecule has 0 bridgehead atoms. The molecule has 1 fully saturated rings. The highest BCUT2D eigenvalue weighted by Crippen LogP contribution is 2.24. The number of carbonyl (C=O) groups excluding carboxylic acids is 1. The summed E-state index contributed by atoms with van der Waals surface area (Å²) >= 11 is 0. The second-order valence-corrected chi connectivity index (χ2v) is 6.89. The van der Waals surface area contributed by atoms with Crippen LogP contribution in [-0.2, 0) is 11.3 Å². The summed E-state index contributed by atoms with van der Waals surface area (Å²) in [6.45, 7) is 7.26. The first kappa shape index (κ1) is 15.5. The maximum absolute atomic E-state index is 13.6. The molecule has 2 heterocycles. The van der Waals surface area contributed by atoms with Gasteiger partial charge in [-0.25, -0.2) is 13.9 Å². The molecule has 1 saturated heterocycles. The van der Waals surface area contributed by atoms with E-state index in [0.717, 1.165) is 0 Å². The van der Waals surface area contributed by atoms with Crippen molar-refractivity contribution in [2.24, 2.45) is 5.92 Å². The first-order valence-corrected chi connectivity index (χ1v) is 7.49. The Morgan fingerprint density at radius 1 is 1.43 bits per heavy atom. The molecular formula is C15H20FN5O2. The van der Waals surface area contributed by atoms with Gasteiger partial charge < -0.3 is 15.4 Å². The molecule has 7 nitrogen and oxygen atoms in total. The second kappa shape index (κ2) is 5.36. The molecule has 3 rings (SSSR count). The van der Waals surface area contributed by atoms with E-state index >= 15 is 0 Å². The van der Waals surface area contributed by atoms with Crippen LogP contribution < -0.4 is 5.73 Å². The van der Waals surface area contributed by atoms with E-state index in [1.807, 2.05) is 20.8 Å². The summed E-state index contributed by atoms with van der Waals surface area (Å²) in [4.78, 5) is 13.5. The predicted octanol–water partition coefficient (Wildman–Crippen LogP) is 2.02. The van der Waals surface area contributed by atoms with Gasteiger partial charge in [0, 0.05) is 31.6 Å². The molecule has 0 atom stereocenters. The molecular weight excluding hydrogens is 301 g/mol. The number of nitrogens with two attached hydrogens (primary N) is 1. The number of ether oxygens (including phenoxy) is 1. The number of benzene rings is 1. The summed E-state index contributed by atoms with van der Waals surface area (Å²) in [5.41, 5.74) is 6.25. The molecule has 1 aliphatic heterocycles. The molecule has 0 spiro atoms. The first-order chi connectivity index (χ1) is 10.7. The minimum Gasteiger partial charge on any atom is -0.444 e. The molecule has 2 N–H and O–H groups in total. The number of amides is 1. The molecule has 0 aliphatic carbocycles. The van der Waals surface area contributed by atoms with Crippen LogP contribution in [0.2, 0.25) is 0 Å². The van der Waals surface area contributed by atoms with E-state index in [9.17, 15) is 9.18 Å². The molecule has 1 aliphatic rings. The standard InChI is InChI=1S/C15H20FN5O2/c1-15(2,3)23-14(22)20-6-9(7-20)8-21-13-4-10(16)11(17)5-12(13)18-19-21/h4-5,9H,6-8,17H2,1-3H3. The van der Waals surface area contributed by atoms with Gasteiger partial charge in [-0.15, -0.1) is 5.10 Å². The number of hydrogen-bond acceptors (Lipinski definition) is 5. The summed E-state index contributed by atoms with van der Waals surface area (Å²) in [5.74, 6) is -0.238. The Kier molecular flexibility index (Phi) is 3.62. The van der Waals surface area contributed by atoms with Crippen molar-refractivity contribution < 1.29 is 13.9 Å². The largest absolute Gasteiger partial charge is 0.444 e. The second-order valence-electron chi connectivity index (χ2n) is 6.89. The Morgan fingerprint density at radius 2 is 2.13 bits per heavy atom. The molecule has 0 saturated carbocycles. The van der Waals surface area contributed by atoms with Crippen molar-refractivity contribution in [2.45, 2.75) is 32.9 Å². The number of fused-ring (bicyclic) bond motifs is 1. The Morgan fingerprint density at radius 3 is 2.78 bits per heavy atom. The first-order valence-electron chi connectivity index (χ1n) is 7.49. The van der Waals surface area contributed by atoms with Crippen LogP contribution in [0.3, 0.4) is 0 Å². The molecule has 1 amide bonds. The number of nitrogen functional groups attached to an aromatic ring is 1. The smallest absolute Gasteiger partial charge is 0.410 e. The fraction of sp³-hybridized carbons (Fsp3) is 0.533. The highest BCUT2D eigenvalue weighted by molar-refractivity contribution is 5.78. The van der Waals surface area contributed by atoms with Gasteiger partial charge in [0.1, 0.15) is 16.9 Å². The third-order valence-electron chi connectivity index (χ3n) is 3.67. The fourth-order valence-electron chi connectivity index (χ4n) is 2.54. The van der Waals surface area contributed by atoms with E-state index in [1.165, 1.54) is 12.1 Å². The molecule has 23 heavy (non-hydrogen) atoms. The van der Waals surface area contributed by atoms with Gasteiger partial charge >= 0.3 is 6.09 Å². The van der Waals surface area contributed by atoms with Gasteiger partial charge in [-0.1, -0.05) is 5.21 Å². The fourth-order valence-corrected chi connectivity index (χ4v) is 2.54. The number of halogens is 1. The summed E-state index contributed by atoms with van der Waals surface area (Å²) in [6, 6.07) is 2.82. The zero-order valence-corrected chi connectivity index (χ0v) is 13.4. The Bertz CT molecular complexity index is 746. The van der Waals surface area contributed by atoms with E-state index in [0.29, 0.717) is 30.7 Å². The van der Waals surface area contributed by atoms with Gasteiger partial charge in [-0.3, -0.25) is 0 Å². The molecule has 2 aromatic rings. The zero-order chi connectivity index (χ0) is 16.8. The van der Waals surface area contributed by atoms with Crippen molar-refractivity contribution in [3.63, 3.8) is 0 Å². The summed E-state index contributed by atoms with van der Waals surface area (Å²) in [6.07, 6.45) is -0.309. The van der Waals surface area contributed by atoms with Crippen LogP contribution in [0.4, 0.5) is 14.9 Å². The number of anilines is 1. The minimum absolute atomic E-state index is 0.0595. The molecule has 1 aromatic heterocycles. The number of hydrogen-bond donors (Lipinski definition) is 1. The maximum atomic E-state index is 13.6. The highest BCUT2D eigenvalue weighted by Gasteiger charge is 2.34. The molecule has 124 valence electrons. The average Bonchev–Trinajstić information content (AvgIpc) is 2.74. The van der Waals surface area contributed by atoms with Crippen LogP contribution in [0.1, 0.15) is 20.8 Å². The van der Waals surface area contributed by atoms with Gasteiger partial charge in [0.25, 0.3) is 0 Å². The van der Waals surface area contributed by atoms with Gasteiger partial charge in [0.2, 0.25) is 0 Å². The van der Waals surface area contributed by atoms with Crippen LogP contribution >= 0.6 is 0 Å². The third kappa shape index (κ3) is 3.20. The topological polar surface area (TPSA) is 86.3 Å². The molecule has 8 heteroatoms. The van der Waals surface area contributed by atoms with Crippen LogP contribution in [0, 0.1) is 11.7 Å². The SMILES string of the molecule is CC(C)(C)OC(=O)N1CC(Cn2nnc3cc(N)c(F)cc32)C1. The van der Waals surface area contributed by atoms with E-state index in [4.69, 9.17) is 10.5 Å². The number of aromatic nitrogens is 3. The van der Waals surface area contributed by atoms with Gasteiger partial charge in [0.15, 0.2) is 0 Å². The number of nitrogens with zero attached hydrogens (tertiary/aromatic N) is 4. The quantitative estimate of drug-likeness (QED) is 0.855. The van der Waals surface area contributed by atoms with Gasteiger partial charge in [-0.05, 0) is 26.8 Å². The number of rotatable bonds is 2. The van der Waals surface area contributed by atoms with Gasteiger partial charge in [0.05, 0.1) is 11.2 Å². The van der Waals surface area contributed by atoms with Crippen molar-refractivity contribution in [1.29, 1.82) is 0 Å². The normalized spacial score (nSPS) is 15.7. The molecule has 0 unspecified atom stereocenters. The summed E-state index contributed by atoms with van der Waals surface area (Å²) < 4.78 is 20.6. The van der Waals surface area contributed by atoms with Crippen LogP contribution in [0.5, 0.6) is 0 Å². The van der Waals surface area contributed by atoms with Gasteiger partial charge in [-0.2, -0.15) is 0 Å². The zero-order valence-electron chi connectivity index (χ0n) is 13.4. The van der Waals surface area contributed by atoms with Crippen LogP contribution in [0.15, 0.2) is 12.1 Å². The summed E-state index contributed by atoms with van der Waals surface area (Å²) in [5, 5.41) is 8.03. The van der Waals surface area contributed by atoms with Crippen LogP contribution in [-0.4, -0.2) is 44.7 Å². The Balaban J connectivity index is 1.62. The van der Waals surface area contributed by atoms with Crippen molar-refractivity contribution in [1.82, 2.24) is 19.9 Å². The van der Waals surface area contributed by atoms with Crippen molar-refractivity contribution >= 4 is 22.8 Å². The lowest BCUT2D eigenvalue weighted by Crippen LogP contribution is -2.52. The predicted molar refractivity (Wildman–Crippen MR) is 83.2 cm³/mol. The Labute approximate surface area is 133 Å². The maximum Gasteiger partial charge on any atom is 0.410 e. The van der Waals surface area contributed by atoms with Crippen molar-refractivity contribution in [3.05, 3.63) is 17.9 Å². The lowest BCUT2D eigenvalue weighted by Gasteiger charge is -2.39. The lowest BCUT2D eigenvalue weighted by atomic mass is 10.0. The highest BCUT2D eigenvalue weighted by atomic mass is 19.1. The monoisotopic (exact) mass is 321 g/mol. The van der Waals surface area contributed by atoms with E-state index in [1.54, 1.807) is 9.58 Å². The molecule has 0 radical (unpaired) electrons. The molecule has 1 aromatic carbocycles. The van der Waals surface area contributed by atoms with E-state index in [-0.39, 0.29) is 17.7 Å². The van der Waals surface area contributed by atoms with Crippen LogP contribution in [0.25, 0.3) is 11.0 Å². The van der Waals surface area contributed by atoms with Crippen molar-refractivity contribution in [2.75, 3.05) is 18.8 Å². The minimum atomic E-state index is -0.498. The Hall–Kier alpha value is -2.38. The number of carbonyl (C=O) groups is 1. The lowest BCUT2D eigenvalue weighted by molar-refractivity contribution is -0.00371. The van der Waals surface area contributed by atoms with E-state index < -0.39 is 11.4 Å². The summed E-state index contributed by atoms with van der Waals surface area (Å²) in [7, 11) is 0. The number of likely N-dealkylation sites (tertiary alicyclic amines) is 1. The van der Waals surface area contributed by atoms with E-state index in [2.05, 4.69) is 10.3 Å². The third-order valence-corrected chi connectivity index (χ3v) is 3.67.